The summed E-state index contributed by atoms with van der Waals surface area (Å²) in [4.78, 5) is 8.47. The summed E-state index contributed by atoms with van der Waals surface area (Å²) in [6, 6.07) is 5.61. The van der Waals surface area contributed by atoms with Gasteiger partial charge >= 0.3 is 0 Å². The predicted molar refractivity (Wildman–Crippen MR) is 71.1 cm³/mol. The Hall–Kier alpha value is -1.39. The van der Waals surface area contributed by atoms with E-state index in [-0.39, 0.29) is 11.4 Å². The summed E-state index contributed by atoms with van der Waals surface area (Å²) < 4.78 is 10.8. The number of halogens is 1. The van der Waals surface area contributed by atoms with Crippen LogP contribution in [-0.4, -0.2) is 23.7 Å². The molecule has 0 amide bonds. The molecule has 4 nitrogen and oxygen atoms in total. The van der Waals surface area contributed by atoms with Gasteiger partial charge in [0.1, 0.15) is 5.75 Å². The summed E-state index contributed by atoms with van der Waals surface area (Å²) in [6.45, 7) is 4.51. The van der Waals surface area contributed by atoms with Gasteiger partial charge in [0, 0.05) is 12.0 Å². The van der Waals surface area contributed by atoms with Crippen LogP contribution in [-0.2, 0) is 4.74 Å². The normalized spacial score (nSPS) is 12.7. The number of ether oxygens (including phenoxy) is 2. The van der Waals surface area contributed by atoms with Gasteiger partial charge in [-0.05, 0) is 43.6 Å². The molecule has 0 aliphatic heterocycles. The first-order valence-corrected chi connectivity index (χ1v) is 6.16. The van der Waals surface area contributed by atoms with Crippen LogP contribution in [0, 0.1) is 0 Å². The van der Waals surface area contributed by atoms with Crippen molar-refractivity contribution in [2.24, 2.45) is 0 Å². The number of fused-ring (bicyclic) bond motifs is 1. The lowest BCUT2D eigenvalue weighted by Crippen LogP contribution is -2.04. The second-order valence-electron chi connectivity index (χ2n) is 3.86. The summed E-state index contributed by atoms with van der Waals surface area (Å²) in [5.74, 6) is 0.762. The van der Waals surface area contributed by atoms with Crippen LogP contribution in [0.1, 0.15) is 25.6 Å². The molecule has 0 bridgehead atoms. The van der Waals surface area contributed by atoms with Crippen molar-refractivity contribution in [2.75, 3.05) is 13.7 Å². The molecule has 0 radical (unpaired) electrons. The minimum Gasteiger partial charge on any atom is -0.497 e. The molecule has 1 aromatic carbocycles. The van der Waals surface area contributed by atoms with Crippen molar-refractivity contribution < 1.29 is 9.47 Å². The van der Waals surface area contributed by atoms with Crippen LogP contribution < -0.4 is 4.74 Å². The van der Waals surface area contributed by atoms with Gasteiger partial charge in [-0.1, -0.05) is 0 Å². The maximum Gasteiger partial charge on any atom is 0.223 e. The minimum atomic E-state index is -0.134. The van der Waals surface area contributed by atoms with Crippen LogP contribution in [0.25, 0.3) is 10.9 Å². The zero-order valence-corrected chi connectivity index (χ0v) is 11.4. The van der Waals surface area contributed by atoms with Gasteiger partial charge in [-0.3, -0.25) is 0 Å². The Morgan fingerprint density at radius 3 is 2.78 bits per heavy atom. The molecule has 1 aromatic heterocycles. The SMILES string of the molecule is CCOC(C)c1nc(Cl)nc2ccc(OC)cc12. The Labute approximate surface area is 111 Å². The van der Waals surface area contributed by atoms with E-state index in [0.29, 0.717) is 6.61 Å². The number of aromatic nitrogens is 2. The summed E-state index contributed by atoms with van der Waals surface area (Å²) in [7, 11) is 1.63. The van der Waals surface area contributed by atoms with Gasteiger partial charge < -0.3 is 9.47 Å². The smallest absolute Gasteiger partial charge is 0.223 e. The van der Waals surface area contributed by atoms with Crippen LogP contribution in [0.2, 0.25) is 5.28 Å². The average molecular weight is 267 g/mol. The number of nitrogens with zero attached hydrogens (tertiary/aromatic N) is 2. The molecule has 1 unspecified atom stereocenters. The van der Waals surface area contributed by atoms with Crippen molar-refractivity contribution >= 4 is 22.5 Å². The summed E-state index contributed by atoms with van der Waals surface area (Å²) in [6.07, 6.45) is -0.134. The summed E-state index contributed by atoms with van der Waals surface area (Å²) >= 11 is 5.93. The Kier molecular flexibility index (Phi) is 3.99. The second kappa shape index (κ2) is 5.50. The van der Waals surface area contributed by atoms with Crippen LogP contribution >= 0.6 is 11.6 Å². The van der Waals surface area contributed by atoms with E-state index in [1.54, 1.807) is 7.11 Å². The van der Waals surface area contributed by atoms with Crippen molar-refractivity contribution in [2.45, 2.75) is 20.0 Å². The van der Waals surface area contributed by atoms with Gasteiger partial charge in [0.05, 0.1) is 24.4 Å². The first kappa shape index (κ1) is 13.1. The fourth-order valence-corrected chi connectivity index (χ4v) is 2.05. The molecule has 0 spiro atoms. The van der Waals surface area contributed by atoms with E-state index in [1.165, 1.54) is 0 Å². The number of methoxy groups -OCH3 is 1. The third kappa shape index (κ3) is 2.54. The zero-order chi connectivity index (χ0) is 13.1. The van der Waals surface area contributed by atoms with Crippen molar-refractivity contribution in [3.8, 4) is 5.75 Å². The number of hydrogen-bond acceptors (Lipinski definition) is 4. The highest BCUT2D eigenvalue weighted by Crippen LogP contribution is 2.28. The van der Waals surface area contributed by atoms with Crippen LogP contribution in [0.4, 0.5) is 0 Å². The highest BCUT2D eigenvalue weighted by Gasteiger charge is 2.14. The van der Waals surface area contributed by atoms with E-state index < -0.39 is 0 Å². The van der Waals surface area contributed by atoms with Crippen LogP contribution in [0.3, 0.4) is 0 Å². The Morgan fingerprint density at radius 1 is 1.33 bits per heavy atom. The Balaban J connectivity index is 2.61. The number of rotatable bonds is 4. The molecule has 2 aromatic rings. The highest BCUT2D eigenvalue weighted by molar-refractivity contribution is 6.28. The van der Waals surface area contributed by atoms with E-state index in [9.17, 15) is 0 Å². The third-order valence-corrected chi connectivity index (χ3v) is 2.88. The maximum atomic E-state index is 5.93. The molecule has 0 saturated carbocycles. The molecule has 0 aliphatic rings. The molecule has 1 atom stereocenters. The third-order valence-electron chi connectivity index (χ3n) is 2.71. The maximum absolute atomic E-state index is 5.93. The van der Waals surface area contributed by atoms with Gasteiger partial charge in [0.15, 0.2) is 0 Å². The highest BCUT2D eigenvalue weighted by atomic mass is 35.5. The van der Waals surface area contributed by atoms with Gasteiger partial charge in [0.25, 0.3) is 0 Å². The zero-order valence-electron chi connectivity index (χ0n) is 10.6. The van der Waals surface area contributed by atoms with Crippen molar-refractivity contribution in [1.82, 2.24) is 9.97 Å². The van der Waals surface area contributed by atoms with Crippen molar-refractivity contribution in [1.29, 1.82) is 0 Å². The first-order valence-electron chi connectivity index (χ1n) is 5.78. The Bertz CT molecular complexity index is 560. The molecule has 0 saturated heterocycles. The number of hydrogen-bond donors (Lipinski definition) is 0. The lowest BCUT2D eigenvalue weighted by Gasteiger charge is -2.14. The predicted octanol–water partition coefficient (Wildman–Crippen LogP) is 3.39. The largest absolute Gasteiger partial charge is 0.497 e. The summed E-state index contributed by atoms with van der Waals surface area (Å²) in [5, 5.41) is 1.13. The average Bonchev–Trinajstić information content (AvgIpc) is 2.37. The van der Waals surface area contributed by atoms with Gasteiger partial charge in [0.2, 0.25) is 5.28 Å². The number of benzene rings is 1. The van der Waals surface area contributed by atoms with E-state index >= 15 is 0 Å². The molecule has 0 N–H and O–H groups in total. The van der Waals surface area contributed by atoms with Gasteiger partial charge in [-0.15, -0.1) is 0 Å². The summed E-state index contributed by atoms with van der Waals surface area (Å²) in [5.41, 5.74) is 1.57. The molecule has 1 heterocycles. The van der Waals surface area contributed by atoms with E-state index in [0.717, 1.165) is 22.3 Å². The fraction of sp³-hybridized carbons (Fsp3) is 0.385. The lowest BCUT2D eigenvalue weighted by atomic mass is 10.1. The molecule has 0 fully saturated rings. The minimum absolute atomic E-state index is 0.134. The molecule has 0 aliphatic carbocycles. The first-order chi connectivity index (χ1) is 8.65. The van der Waals surface area contributed by atoms with Gasteiger partial charge in [-0.25, -0.2) is 9.97 Å². The topological polar surface area (TPSA) is 44.2 Å². The molecule has 2 rings (SSSR count). The quantitative estimate of drug-likeness (QED) is 0.796. The molecule has 5 heteroatoms. The lowest BCUT2D eigenvalue weighted by molar-refractivity contribution is 0.0744. The molecular weight excluding hydrogens is 252 g/mol. The van der Waals surface area contributed by atoms with Crippen LogP contribution in [0.15, 0.2) is 18.2 Å². The van der Waals surface area contributed by atoms with E-state index in [1.807, 2.05) is 32.0 Å². The molecule has 96 valence electrons. The molecule has 18 heavy (non-hydrogen) atoms. The second-order valence-corrected chi connectivity index (χ2v) is 4.20. The van der Waals surface area contributed by atoms with Crippen LogP contribution in [0.5, 0.6) is 5.75 Å². The van der Waals surface area contributed by atoms with Crippen molar-refractivity contribution in [3.05, 3.63) is 29.2 Å². The van der Waals surface area contributed by atoms with Gasteiger partial charge in [-0.2, -0.15) is 0 Å². The van der Waals surface area contributed by atoms with E-state index in [2.05, 4.69) is 9.97 Å². The Morgan fingerprint density at radius 2 is 2.11 bits per heavy atom. The van der Waals surface area contributed by atoms with Crippen molar-refractivity contribution in [3.63, 3.8) is 0 Å². The fourth-order valence-electron chi connectivity index (χ4n) is 1.87. The molecular formula is C13H15ClN2O2. The standard InChI is InChI=1S/C13H15ClN2O2/c1-4-18-8(2)12-10-7-9(17-3)5-6-11(10)15-13(14)16-12/h5-8H,4H2,1-3H3. The monoisotopic (exact) mass is 266 g/mol. The van der Waals surface area contributed by atoms with E-state index in [4.69, 9.17) is 21.1 Å².